The number of methoxy groups -OCH3 is 2. The van der Waals surface area contributed by atoms with Crippen molar-refractivity contribution in [2.45, 2.75) is 187 Å². The summed E-state index contributed by atoms with van der Waals surface area (Å²) in [6.07, 6.45) is 27.4. The van der Waals surface area contributed by atoms with Crippen molar-refractivity contribution in [1.29, 1.82) is 0 Å². The summed E-state index contributed by atoms with van der Waals surface area (Å²) in [5.74, 6) is 1.74. The van der Waals surface area contributed by atoms with Crippen LogP contribution in [0.15, 0.2) is 218 Å². The second-order valence-corrected chi connectivity index (χ2v) is 32.0. The first kappa shape index (κ1) is 103. The van der Waals surface area contributed by atoms with Crippen LogP contribution in [0.25, 0.3) is 22.3 Å². The Morgan fingerprint density at radius 2 is 0.443 bits per heavy atom. The Hall–Kier alpha value is -9.62. The predicted octanol–water partition coefficient (Wildman–Crippen LogP) is 25.5. The molecule has 8 aromatic carbocycles. The molecule has 0 bridgehead atoms. The molecule has 0 aliphatic rings. The molecule has 14 heteroatoms. The standard InChI is InChI=1S/C31H48N3.C27H38Cl2N3.C25H36N3.C25H34NO2/c1-7-13-24-32(25-14-8-2)26-23-31(27-15-19-29(20-16-27)33(9-3)10-4)28-17-21-30(22-18-28)34(11-5)12-6;1-7-30(8-2)25-15-11-23(12-16-25)27(19-20-32(21(5)28)22(6)29)24-13-17-26(18-14-24)31(9-3)10-4;1-7-27(8-2)23-15-11-21(12-16-23)25(19-20-26(5)6)22-13-17-24(18-14-22)28(9-3)10-4;1-5-7-18-26(19-8-6-2)20-17-25(21-9-13-23(27-3)14-10-21)22-11-15-24(28-4)16-12-22/h15-23,26H,7-14,24-25H2,1-6H3;11-22H,7-10H2,1-6H3;11-20H,7-10H2,1-6H3;9-17,20H,5-8,18-19H2,1-4H3/q4*+1. The zero-order chi connectivity index (χ0) is 89.1. The quantitative estimate of drug-likeness (QED) is 0.0162. The van der Waals surface area contributed by atoms with Gasteiger partial charge in [0.25, 0.3) is 0 Å². The molecule has 0 saturated carbocycles. The topological polar surface area (TPSA) is 49.9 Å². The van der Waals surface area contributed by atoms with Crippen LogP contribution in [-0.4, -0.2) is 187 Å². The van der Waals surface area contributed by atoms with Crippen molar-refractivity contribution in [1.82, 2.24) is 0 Å². The number of anilines is 6. The van der Waals surface area contributed by atoms with Gasteiger partial charge in [-0.15, -0.1) is 0 Å². The van der Waals surface area contributed by atoms with Crippen LogP contribution in [0.1, 0.15) is 221 Å². The van der Waals surface area contributed by atoms with Crippen molar-refractivity contribution in [3.63, 3.8) is 0 Å². The molecule has 12 nitrogen and oxygen atoms in total. The minimum atomic E-state index is -0.199. The number of unbranched alkanes of at least 4 members (excludes halogenated alkanes) is 4. The highest BCUT2D eigenvalue weighted by Crippen LogP contribution is 2.33. The van der Waals surface area contributed by atoms with Gasteiger partial charge in [0.15, 0.2) is 24.9 Å². The highest BCUT2D eigenvalue weighted by Gasteiger charge is 2.20. The van der Waals surface area contributed by atoms with Gasteiger partial charge in [0.1, 0.15) is 51.8 Å². The summed E-state index contributed by atoms with van der Waals surface area (Å²) < 4.78 is 19.6. The van der Waals surface area contributed by atoms with Crippen LogP contribution in [0.3, 0.4) is 0 Å². The number of nitrogens with zero attached hydrogens (tertiary/aromatic N) is 10. The van der Waals surface area contributed by atoms with Crippen molar-refractivity contribution < 1.29 is 27.8 Å². The molecule has 0 saturated heterocycles. The van der Waals surface area contributed by atoms with Crippen molar-refractivity contribution >= 4 is 104 Å². The van der Waals surface area contributed by atoms with Crippen LogP contribution >= 0.6 is 23.2 Å². The van der Waals surface area contributed by atoms with E-state index in [1.807, 2.05) is 48.9 Å². The van der Waals surface area contributed by atoms with Gasteiger partial charge in [-0.1, -0.05) is 150 Å². The Kier molecular flexibility index (Phi) is 49.3. The largest absolute Gasteiger partial charge is 0.497 e. The average molecular weight is 1700 g/mol. The Balaban J connectivity index is 0.000000290. The summed E-state index contributed by atoms with van der Waals surface area (Å²) in [5, 5.41) is 0. The number of hydrogen-bond donors (Lipinski definition) is 0. The van der Waals surface area contributed by atoms with E-state index in [1.54, 1.807) is 14.2 Å². The van der Waals surface area contributed by atoms with Crippen molar-refractivity contribution in [2.24, 2.45) is 0 Å². The summed E-state index contributed by atoms with van der Waals surface area (Å²) in [4.78, 5) is 14.2. The lowest BCUT2D eigenvalue weighted by Gasteiger charge is -2.22. The maximum atomic E-state index is 6.36. The molecule has 8 aromatic rings. The number of alkyl halides is 2. The number of hydrogen-bond acceptors (Lipinski definition) is 8. The first-order valence-corrected chi connectivity index (χ1v) is 46.9. The van der Waals surface area contributed by atoms with Crippen molar-refractivity contribution in [3.05, 3.63) is 263 Å². The third-order valence-corrected chi connectivity index (χ3v) is 23.0. The molecule has 0 aliphatic carbocycles. The van der Waals surface area contributed by atoms with Crippen LogP contribution in [0.2, 0.25) is 0 Å². The lowest BCUT2D eigenvalue weighted by atomic mass is 9.97. The summed E-state index contributed by atoms with van der Waals surface area (Å²) in [6.45, 7) is 56.0. The minimum Gasteiger partial charge on any atom is -0.497 e. The average Bonchev–Trinajstić information content (AvgIpc) is 0.843. The monoisotopic (exact) mass is 1700 g/mol. The van der Waals surface area contributed by atoms with E-state index < -0.39 is 0 Å². The molecule has 0 spiro atoms. The fourth-order valence-electron chi connectivity index (χ4n) is 14.9. The molecule has 2 unspecified atom stereocenters. The fraction of sp³-hybridized carbons (Fsp3) is 0.444. The highest BCUT2D eigenvalue weighted by molar-refractivity contribution is 6.21. The SMILES string of the molecule is CCCC[N+](=CC=C(c1ccc(N(CC)CC)cc1)c1ccc(N(CC)CC)cc1)CCCC.CCCC[N+](=CC=C(c1ccc(OC)cc1)c1ccc(OC)cc1)CCCC.CCN(CC)c1ccc(C(=CC=[N+](C(C)Cl)C(C)Cl)c2ccc(N(CC)CC)cc2)cc1.CCN(CC)c1ccc(C(=CC=[N+](C)C)c2ccc(N(CC)CC)cc2)cc1. The van der Waals surface area contributed by atoms with E-state index in [0.29, 0.717) is 0 Å². The maximum absolute atomic E-state index is 6.36. The maximum Gasteiger partial charge on any atom is 0.225 e. The van der Waals surface area contributed by atoms with Gasteiger partial charge in [-0.3, -0.25) is 0 Å². The number of allylic oxidation sites excluding steroid dienone is 4. The molecule has 0 amide bonds. The van der Waals surface area contributed by atoms with E-state index in [4.69, 9.17) is 32.7 Å². The van der Waals surface area contributed by atoms with Crippen LogP contribution in [0.5, 0.6) is 11.5 Å². The van der Waals surface area contributed by atoms with E-state index >= 15 is 0 Å². The van der Waals surface area contributed by atoms with Crippen LogP contribution in [-0.2, 0) is 0 Å². The zero-order valence-electron chi connectivity index (χ0n) is 79.3. The third kappa shape index (κ3) is 33.6. The first-order valence-electron chi connectivity index (χ1n) is 46.0. The molecule has 0 heterocycles. The highest BCUT2D eigenvalue weighted by atomic mass is 35.5. The van der Waals surface area contributed by atoms with Crippen molar-refractivity contribution in [3.8, 4) is 11.5 Å². The zero-order valence-corrected chi connectivity index (χ0v) is 80.8. The van der Waals surface area contributed by atoms with E-state index in [9.17, 15) is 0 Å². The smallest absolute Gasteiger partial charge is 0.225 e. The number of halogens is 2. The molecule has 122 heavy (non-hydrogen) atoms. The normalized spacial score (nSPS) is 11.0. The first-order chi connectivity index (χ1) is 59.2. The van der Waals surface area contributed by atoms with Gasteiger partial charge >= 0.3 is 0 Å². The molecule has 0 aromatic heterocycles. The van der Waals surface area contributed by atoms with Gasteiger partial charge < -0.3 is 38.9 Å². The molecular weight excluding hydrogens is 1540 g/mol. The molecule has 2 atom stereocenters. The van der Waals surface area contributed by atoms with Crippen LogP contribution < -0.4 is 38.9 Å². The van der Waals surface area contributed by atoms with Crippen molar-refractivity contribution in [2.75, 3.05) is 162 Å². The summed E-state index contributed by atoms with van der Waals surface area (Å²) in [6, 6.07) is 70.2. The van der Waals surface area contributed by atoms with E-state index in [2.05, 4.69) is 381 Å². The molecule has 0 fully saturated rings. The lowest BCUT2D eigenvalue weighted by Crippen LogP contribution is -2.24. The fourth-order valence-corrected chi connectivity index (χ4v) is 15.4. The van der Waals surface area contributed by atoms with Gasteiger partial charge in [-0.25, -0.2) is 18.3 Å². The molecule has 8 rings (SSSR count). The molecular formula is C108H156Cl2N10O2+4. The van der Waals surface area contributed by atoms with Crippen LogP contribution in [0.4, 0.5) is 34.1 Å². The van der Waals surface area contributed by atoms with Gasteiger partial charge in [-0.2, -0.15) is 0 Å². The second-order valence-electron chi connectivity index (χ2n) is 30.7. The lowest BCUT2D eigenvalue weighted by molar-refractivity contribution is -0.548. The molecule has 0 aliphatic heterocycles. The summed E-state index contributed by atoms with van der Waals surface area (Å²) in [5.41, 5.74) is 21.8. The number of benzene rings is 8. The van der Waals surface area contributed by atoms with Gasteiger partial charge in [0, 0.05) is 176 Å². The Morgan fingerprint density at radius 1 is 0.270 bits per heavy atom. The summed E-state index contributed by atoms with van der Waals surface area (Å²) >= 11 is 12.7. The molecule has 0 N–H and O–H groups in total. The van der Waals surface area contributed by atoms with E-state index in [0.717, 1.165) is 133 Å². The Morgan fingerprint density at radius 3 is 0.598 bits per heavy atom. The number of ether oxygens (including phenoxy) is 2. The predicted molar refractivity (Wildman–Crippen MR) is 541 cm³/mol. The Labute approximate surface area is 751 Å². The number of rotatable bonds is 46. The van der Waals surface area contributed by atoms with Gasteiger partial charge in [-0.05, 0) is 270 Å². The molecule has 660 valence electrons. The molecule has 0 radical (unpaired) electrons. The van der Waals surface area contributed by atoms with Gasteiger partial charge in [0.2, 0.25) is 11.0 Å². The van der Waals surface area contributed by atoms with E-state index in [1.165, 1.54) is 136 Å². The van der Waals surface area contributed by atoms with Crippen LogP contribution in [0, 0.1) is 0 Å². The Bertz CT molecular complexity index is 4190. The summed E-state index contributed by atoms with van der Waals surface area (Å²) in [7, 11) is 7.51. The third-order valence-electron chi connectivity index (χ3n) is 22.5. The minimum absolute atomic E-state index is 0.199. The van der Waals surface area contributed by atoms with E-state index in [-0.39, 0.29) is 11.0 Å². The van der Waals surface area contributed by atoms with Gasteiger partial charge in [0.05, 0.1) is 14.2 Å². The second kappa shape index (κ2) is 58.4.